The third kappa shape index (κ3) is 2.07. The van der Waals surface area contributed by atoms with Crippen LogP contribution >= 0.6 is 0 Å². The number of hydrogen-bond donors (Lipinski definition) is 0. The van der Waals surface area contributed by atoms with Crippen molar-refractivity contribution < 1.29 is 14.3 Å². The fourth-order valence-corrected chi connectivity index (χ4v) is 2.22. The summed E-state index contributed by atoms with van der Waals surface area (Å²) >= 11 is 0. The van der Waals surface area contributed by atoms with E-state index in [0.717, 1.165) is 17.0 Å². The molecule has 2 atom stereocenters. The molecule has 0 bridgehead atoms. The van der Waals surface area contributed by atoms with Crippen molar-refractivity contribution in [2.45, 2.75) is 46.4 Å². The van der Waals surface area contributed by atoms with Crippen LogP contribution < -0.4 is 0 Å². The number of carbonyl (C=O) groups excluding carboxylic acids is 1. The highest BCUT2D eigenvalue weighted by Gasteiger charge is 2.33. The summed E-state index contributed by atoms with van der Waals surface area (Å²) in [4.78, 5) is 11.7. The number of aromatic nitrogens is 2. The van der Waals surface area contributed by atoms with Crippen LogP contribution in [-0.2, 0) is 20.8 Å². The Morgan fingerprint density at radius 1 is 1.59 bits per heavy atom. The minimum absolute atomic E-state index is 0.126. The predicted molar refractivity (Wildman–Crippen MR) is 61.6 cm³/mol. The summed E-state index contributed by atoms with van der Waals surface area (Å²) in [7, 11) is 0. The summed E-state index contributed by atoms with van der Waals surface area (Å²) < 4.78 is 12.5. The van der Waals surface area contributed by atoms with E-state index in [1.807, 2.05) is 25.5 Å². The molecule has 1 aliphatic heterocycles. The van der Waals surface area contributed by atoms with Crippen molar-refractivity contribution in [3.05, 3.63) is 17.0 Å². The van der Waals surface area contributed by atoms with E-state index in [9.17, 15) is 4.79 Å². The fraction of sp³-hybridized carbons (Fsp3) is 0.667. The Balaban J connectivity index is 2.24. The van der Waals surface area contributed by atoms with E-state index in [-0.39, 0.29) is 12.1 Å². The molecule has 0 fully saturated rings. The Morgan fingerprint density at radius 2 is 2.29 bits per heavy atom. The number of esters is 1. The van der Waals surface area contributed by atoms with E-state index < -0.39 is 6.10 Å². The Labute approximate surface area is 101 Å². The number of hydrogen-bond acceptors (Lipinski definition) is 4. The van der Waals surface area contributed by atoms with Crippen LogP contribution in [0.15, 0.2) is 0 Å². The molecule has 2 rings (SSSR count). The molecule has 0 radical (unpaired) electrons. The van der Waals surface area contributed by atoms with Crippen LogP contribution in [0, 0.1) is 13.8 Å². The number of carbonyl (C=O) groups is 1. The van der Waals surface area contributed by atoms with Gasteiger partial charge in [0.2, 0.25) is 0 Å². The summed E-state index contributed by atoms with van der Waals surface area (Å²) in [5, 5.41) is 4.42. The molecule has 0 amide bonds. The van der Waals surface area contributed by atoms with Gasteiger partial charge in [-0.3, -0.25) is 4.68 Å². The van der Waals surface area contributed by atoms with E-state index in [0.29, 0.717) is 13.2 Å². The van der Waals surface area contributed by atoms with Crippen molar-refractivity contribution in [1.29, 1.82) is 0 Å². The van der Waals surface area contributed by atoms with Crippen molar-refractivity contribution in [3.8, 4) is 0 Å². The van der Waals surface area contributed by atoms with Gasteiger partial charge in [-0.05, 0) is 33.3 Å². The van der Waals surface area contributed by atoms with Gasteiger partial charge in [0.05, 0.1) is 30.6 Å². The van der Waals surface area contributed by atoms with Crippen molar-refractivity contribution in [3.63, 3.8) is 0 Å². The van der Waals surface area contributed by atoms with Crippen LogP contribution in [0.5, 0.6) is 0 Å². The maximum Gasteiger partial charge on any atom is 0.337 e. The molecule has 0 N–H and O–H groups in total. The highest BCUT2D eigenvalue weighted by molar-refractivity contribution is 5.74. The van der Waals surface area contributed by atoms with Crippen LogP contribution in [-0.4, -0.2) is 28.5 Å². The number of aryl methyl sites for hydroxylation is 1. The quantitative estimate of drug-likeness (QED) is 0.733. The van der Waals surface area contributed by atoms with Gasteiger partial charge < -0.3 is 9.47 Å². The lowest BCUT2D eigenvalue weighted by atomic mass is 10.1. The summed E-state index contributed by atoms with van der Waals surface area (Å²) in [5.74, 6) is -0.309. The van der Waals surface area contributed by atoms with Crippen LogP contribution in [0.25, 0.3) is 0 Å². The van der Waals surface area contributed by atoms with Crippen molar-refractivity contribution in [1.82, 2.24) is 9.78 Å². The summed E-state index contributed by atoms with van der Waals surface area (Å²) in [6.45, 7) is 8.53. The Morgan fingerprint density at radius 3 is 2.94 bits per heavy atom. The first kappa shape index (κ1) is 12.1. The zero-order valence-electron chi connectivity index (χ0n) is 10.7. The summed E-state index contributed by atoms with van der Waals surface area (Å²) in [6, 6.07) is 0. The lowest BCUT2D eigenvalue weighted by Gasteiger charge is -2.28. The van der Waals surface area contributed by atoms with Crippen molar-refractivity contribution in [2.75, 3.05) is 6.61 Å². The molecular weight excluding hydrogens is 220 g/mol. The van der Waals surface area contributed by atoms with Gasteiger partial charge >= 0.3 is 5.97 Å². The number of nitrogens with zero attached hydrogens (tertiary/aromatic N) is 2. The normalized spacial score (nSPS) is 23.3. The fourth-order valence-electron chi connectivity index (χ4n) is 2.22. The zero-order valence-corrected chi connectivity index (χ0v) is 10.7. The molecule has 5 nitrogen and oxygen atoms in total. The van der Waals surface area contributed by atoms with Crippen molar-refractivity contribution >= 4 is 5.97 Å². The summed E-state index contributed by atoms with van der Waals surface area (Å²) in [6.07, 6.45) is -0.671. The Hall–Kier alpha value is -1.36. The highest BCUT2D eigenvalue weighted by Crippen LogP contribution is 2.29. The number of ether oxygens (including phenoxy) is 2. The van der Waals surface area contributed by atoms with Gasteiger partial charge in [0.25, 0.3) is 0 Å². The molecule has 1 aromatic rings. The second-order valence-corrected chi connectivity index (χ2v) is 4.30. The Kier molecular flexibility index (Phi) is 3.19. The third-order valence-corrected chi connectivity index (χ3v) is 3.12. The lowest BCUT2D eigenvalue weighted by molar-refractivity contribution is -0.164. The topological polar surface area (TPSA) is 53.4 Å². The minimum atomic E-state index is -0.545. The number of rotatable bonds is 2. The Bertz CT molecular complexity index is 439. The average molecular weight is 238 g/mol. The summed E-state index contributed by atoms with van der Waals surface area (Å²) in [5.41, 5.74) is 3.18. The molecule has 0 saturated heterocycles. The largest absolute Gasteiger partial charge is 0.464 e. The van der Waals surface area contributed by atoms with Crippen LogP contribution in [0.4, 0.5) is 0 Å². The maximum absolute atomic E-state index is 11.7. The van der Waals surface area contributed by atoms with Gasteiger partial charge in [0.15, 0.2) is 6.10 Å². The first-order chi connectivity index (χ1) is 8.04. The minimum Gasteiger partial charge on any atom is -0.464 e. The van der Waals surface area contributed by atoms with E-state index in [2.05, 4.69) is 5.10 Å². The second kappa shape index (κ2) is 4.49. The second-order valence-electron chi connectivity index (χ2n) is 4.30. The average Bonchev–Trinajstić information content (AvgIpc) is 2.55. The highest BCUT2D eigenvalue weighted by atomic mass is 16.6. The molecule has 0 aromatic carbocycles. The van der Waals surface area contributed by atoms with Crippen LogP contribution in [0.2, 0.25) is 0 Å². The van der Waals surface area contributed by atoms with Gasteiger partial charge in [0.1, 0.15) is 0 Å². The molecular formula is C12H18N2O3. The molecule has 17 heavy (non-hydrogen) atoms. The molecule has 2 unspecified atom stereocenters. The van der Waals surface area contributed by atoms with E-state index in [1.54, 1.807) is 6.92 Å². The van der Waals surface area contributed by atoms with E-state index >= 15 is 0 Å². The lowest BCUT2D eigenvalue weighted by Crippen LogP contribution is -2.37. The molecule has 2 heterocycles. The van der Waals surface area contributed by atoms with E-state index in [1.165, 1.54) is 0 Å². The van der Waals surface area contributed by atoms with Gasteiger partial charge in [-0.2, -0.15) is 5.10 Å². The first-order valence-corrected chi connectivity index (χ1v) is 5.90. The molecule has 0 saturated carbocycles. The standard InChI is InChI=1S/C12H18N2O3/c1-5-16-12(15)10-6-14-11(9(4)17-10)7(2)8(3)13-14/h9-10H,5-6H2,1-4H3. The maximum atomic E-state index is 11.7. The molecule has 1 aromatic heterocycles. The predicted octanol–water partition coefficient (Wildman–Crippen LogP) is 1.52. The van der Waals surface area contributed by atoms with Crippen LogP contribution in [0.3, 0.4) is 0 Å². The zero-order chi connectivity index (χ0) is 12.6. The SMILES string of the molecule is CCOC(=O)C1Cn2nc(C)c(C)c2C(C)O1. The van der Waals surface area contributed by atoms with Crippen molar-refractivity contribution in [2.24, 2.45) is 0 Å². The van der Waals surface area contributed by atoms with Gasteiger partial charge in [-0.25, -0.2) is 4.79 Å². The van der Waals surface area contributed by atoms with Crippen LogP contribution in [0.1, 0.15) is 36.9 Å². The molecule has 0 spiro atoms. The molecule has 0 aliphatic carbocycles. The van der Waals surface area contributed by atoms with Gasteiger partial charge in [-0.1, -0.05) is 0 Å². The third-order valence-electron chi connectivity index (χ3n) is 3.12. The van der Waals surface area contributed by atoms with Gasteiger partial charge in [0, 0.05) is 0 Å². The molecule has 5 heteroatoms. The smallest absolute Gasteiger partial charge is 0.337 e. The number of fused-ring (bicyclic) bond motifs is 1. The first-order valence-electron chi connectivity index (χ1n) is 5.90. The monoisotopic (exact) mass is 238 g/mol. The molecule has 1 aliphatic rings. The molecule has 94 valence electrons. The van der Waals surface area contributed by atoms with Gasteiger partial charge in [-0.15, -0.1) is 0 Å². The van der Waals surface area contributed by atoms with E-state index in [4.69, 9.17) is 9.47 Å².